The number of hydrogen-bond donors (Lipinski definition) is 1. The topological polar surface area (TPSA) is 46.5 Å². The van der Waals surface area contributed by atoms with E-state index in [2.05, 4.69) is 0 Å². The fourth-order valence-electron chi connectivity index (χ4n) is 4.56. The third kappa shape index (κ3) is 2.80. The van der Waals surface area contributed by atoms with Crippen molar-refractivity contribution in [3.05, 3.63) is 0 Å². The van der Waals surface area contributed by atoms with Crippen molar-refractivity contribution >= 4 is 5.78 Å². The van der Waals surface area contributed by atoms with Crippen LogP contribution in [0.2, 0.25) is 0 Å². The van der Waals surface area contributed by atoms with Crippen molar-refractivity contribution in [2.75, 3.05) is 6.61 Å². The van der Waals surface area contributed by atoms with Gasteiger partial charge in [0.2, 0.25) is 0 Å². The average Bonchev–Trinajstić information content (AvgIpc) is 2.48. The van der Waals surface area contributed by atoms with E-state index >= 15 is 0 Å². The highest BCUT2D eigenvalue weighted by atomic mass is 16.5. The van der Waals surface area contributed by atoms with Gasteiger partial charge in [-0.05, 0) is 38.5 Å². The molecule has 1 heterocycles. The van der Waals surface area contributed by atoms with E-state index in [0.29, 0.717) is 19.4 Å². The zero-order valence-corrected chi connectivity index (χ0v) is 12.5. The van der Waals surface area contributed by atoms with E-state index in [4.69, 9.17) is 4.74 Å². The normalized spacial score (nSPS) is 33.0. The molecule has 1 N–H and O–H groups in total. The molecule has 3 heteroatoms. The summed E-state index contributed by atoms with van der Waals surface area (Å²) in [5, 5.41) is 10.7. The molecule has 0 aromatic heterocycles. The number of Topliss-reactive ketones (excluding diaryl/α,β-unsaturated/α-hetero) is 1. The molecule has 1 saturated heterocycles. The Kier molecular flexibility index (Phi) is 4.19. The molecular formula is C17H28O3. The second-order valence-corrected chi connectivity index (χ2v) is 7.24. The second kappa shape index (κ2) is 5.76. The molecule has 114 valence electrons. The first-order valence-electron chi connectivity index (χ1n) is 8.54. The van der Waals surface area contributed by atoms with Gasteiger partial charge in [-0.25, -0.2) is 0 Å². The van der Waals surface area contributed by atoms with E-state index < -0.39 is 5.60 Å². The maximum absolute atomic E-state index is 12.8. The van der Waals surface area contributed by atoms with Crippen molar-refractivity contribution < 1.29 is 14.6 Å². The number of carbonyl (C=O) groups is 1. The van der Waals surface area contributed by atoms with Crippen LogP contribution in [-0.4, -0.2) is 28.7 Å². The third-order valence-corrected chi connectivity index (χ3v) is 5.77. The summed E-state index contributed by atoms with van der Waals surface area (Å²) < 4.78 is 6.07. The lowest BCUT2D eigenvalue weighted by Gasteiger charge is -2.45. The summed E-state index contributed by atoms with van der Waals surface area (Å²) >= 11 is 0. The molecule has 3 rings (SSSR count). The van der Waals surface area contributed by atoms with Gasteiger partial charge in [-0.2, -0.15) is 0 Å². The number of aliphatic hydroxyl groups is 1. The van der Waals surface area contributed by atoms with Crippen LogP contribution < -0.4 is 0 Å². The molecule has 0 bridgehead atoms. The molecule has 2 saturated carbocycles. The monoisotopic (exact) mass is 280 g/mol. The third-order valence-electron chi connectivity index (χ3n) is 5.77. The fourth-order valence-corrected chi connectivity index (χ4v) is 4.56. The van der Waals surface area contributed by atoms with Crippen LogP contribution in [0.1, 0.15) is 77.0 Å². The maximum atomic E-state index is 12.8. The second-order valence-electron chi connectivity index (χ2n) is 7.24. The predicted molar refractivity (Wildman–Crippen MR) is 77.5 cm³/mol. The van der Waals surface area contributed by atoms with Crippen molar-refractivity contribution in [1.82, 2.24) is 0 Å². The Morgan fingerprint density at radius 1 is 0.950 bits per heavy atom. The molecule has 3 nitrogen and oxygen atoms in total. The van der Waals surface area contributed by atoms with Gasteiger partial charge in [-0.1, -0.05) is 38.5 Å². The van der Waals surface area contributed by atoms with Gasteiger partial charge in [0, 0.05) is 12.5 Å². The summed E-state index contributed by atoms with van der Waals surface area (Å²) in [6, 6.07) is 0. The number of ether oxygens (including phenoxy) is 1. The van der Waals surface area contributed by atoms with Crippen molar-refractivity contribution in [3.8, 4) is 0 Å². The van der Waals surface area contributed by atoms with Crippen LogP contribution in [0.3, 0.4) is 0 Å². The Morgan fingerprint density at radius 2 is 1.55 bits per heavy atom. The van der Waals surface area contributed by atoms with Gasteiger partial charge >= 0.3 is 0 Å². The summed E-state index contributed by atoms with van der Waals surface area (Å²) in [6.45, 7) is 0.701. The molecule has 3 aliphatic rings. The summed E-state index contributed by atoms with van der Waals surface area (Å²) in [4.78, 5) is 12.8. The van der Waals surface area contributed by atoms with Crippen LogP contribution in [0.5, 0.6) is 0 Å². The zero-order valence-electron chi connectivity index (χ0n) is 12.5. The fraction of sp³-hybridized carbons (Fsp3) is 0.941. The Labute approximate surface area is 122 Å². The smallest absolute Gasteiger partial charge is 0.167 e. The Morgan fingerprint density at radius 3 is 2.20 bits per heavy atom. The van der Waals surface area contributed by atoms with Crippen molar-refractivity contribution in [2.24, 2.45) is 5.92 Å². The SMILES string of the molecule is O=C(C1CCOC2(CCCCC2)C1)C1(O)CCCCC1. The van der Waals surface area contributed by atoms with Crippen molar-refractivity contribution in [3.63, 3.8) is 0 Å². The van der Waals surface area contributed by atoms with Gasteiger partial charge < -0.3 is 9.84 Å². The lowest BCUT2D eigenvalue weighted by atomic mass is 9.70. The zero-order chi connectivity index (χ0) is 14.1. The standard InChI is InChI=1S/C17H28O3/c18-15(17(19)10-5-2-6-11-17)14-7-12-20-16(13-14)8-3-1-4-9-16/h14,19H,1-13H2. The molecule has 0 aromatic rings. The quantitative estimate of drug-likeness (QED) is 0.843. The first kappa shape index (κ1) is 14.5. The molecule has 2 aliphatic carbocycles. The highest BCUT2D eigenvalue weighted by molar-refractivity contribution is 5.89. The Hall–Kier alpha value is -0.410. The Bertz CT molecular complexity index is 346. The van der Waals surface area contributed by atoms with E-state index in [1.165, 1.54) is 19.3 Å². The van der Waals surface area contributed by atoms with Gasteiger partial charge in [-0.3, -0.25) is 4.79 Å². The summed E-state index contributed by atoms with van der Waals surface area (Å²) in [6.07, 6.45) is 12.1. The minimum absolute atomic E-state index is 0.0324. The van der Waals surface area contributed by atoms with Gasteiger partial charge in [0.05, 0.1) is 5.60 Å². The number of hydrogen-bond acceptors (Lipinski definition) is 3. The number of ketones is 1. The molecule has 20 heavy (non-hydrogen) atoms. The number of rotatable bonds is 2. The average molecular weight is 280 g/mol. The molecule has 1 unspecified atom stereocenters. The van der Waals surface area contributed by atoms with Gasteiger partial charge in [0.1, 0.15) is 5.60 Å². The molecule has 1 aliphatic heterocycles. The minimum Gasteiger partial charge on any atom is -0.382 e. The largest absolute Gasteiger partial charge is 0.382 e. The highest BCUT2D eigenvalue weighted by Crippen LogP contribution is 2.43. The first-order valence-corrected chi connectivity index (χ1v) is 8.54. The van der Waals surface area contributed by atoms with Gasteiger partial charge in [-0.15, -0.1) is 0 Å². The molecule has 0 aromatic carbocycles. The predicted octanol–water partition coefficient (Wildman–Crippen LogP) is 3.38. The summed E-state index contributed by atoms with van der Waals surface area (Å²) in [5.41, 5.74) is -1.06. The van der Waals surface area contributed by atoms with Gasteiger partial charge in [0.25, 0.3) is 0 Å². The van der Waals surface area contributed by atoms with Crippen LogP contribution in [0.15, 0.2) is 0 Å². The van der Waals surface area contributed by atoms with Crippen LogP contribution in [-0.2, 0) is 9.53 Å². The molecule has 1 spiro atoms. The van der Waals surface area contributed by atoms with E-state index in [1.54, 1.807) is 0 Å². The molecule has 0 amide bonds. The van der Waals surface area contributed by atoms with Crippen molar-refractivity contribution in [2.45, 2.75) is 88.3 Å². The molecule has 0 radical (unpaired) electrons. The molecule has 3 fully saturated rings. The van der Waals surface area contributed by atoms with Crippen LogP contribution >= 0.6 is 0 Å². The van der Waals surface area contributed by atoms with E-state index in [9.17, 15) is 9.90 Å². The van der Waals surface area contributed by atoms with E-state index in [-0.39, 0.29) is 17.3 Å². The highest BCUT2D eigenvalue weighted by Gasteiger charge is 2.46. The molecule has 1 atom stereocenters. The minimum atomic E-state index is -1.02. The first-order chi connectivity index (χ1) is 9.64. The van der Waals surface area contributed by atoms with Crippen LogP contribution in [0, 0.1) is 5.92 Å². The van der Waals surface area contributed by atoms with Crippen LogP contribution in [0.25, 0.3) is 0 Å². The summed E-state index contributed by atoms with van der Waals surface area (Å²) in [7, 11) is 0. The summed E-state index contributed by atoms with van der Waals surface area (Å²) in [5.74, 6) is 0.162. The Balaban J connectivity index is 1.68. The maximum Gasteiger partial charge on any atom is 0.167 e. The lowest BCUT2D eigenvalue weighted by molar-refractivity contribution is -0.160. The lowest BCUT2D eigenvalue weighted by Crippen LogP contribution is -2.50. The van der Waals surface area contributed by atoms with Crippen molar-refractivity contribution in [1.29, 1.82) is 0 Å². The van der Waals surface area contributed by atoms with E-state index in [1.807, 2.05) is 0 Å². The molecular weight excluding hydrogens is 252 g/mol. The van der Waals surface area contributed by atoms with Gasteiger partial charge in [0.15, 0.2) is 5.78 Å². The van der Waals surface area contributed by atoms with Crippen LogP contribution in [0.4, 0.5) is 0 Å². The van der Waals surface area contributed by atoms with E-state index in [0.717, 1.165) is 44.9 Å². The number of carbonyl (C=O) groups excluding carboxylic acids is 1.